The fraction of sp³-hybridized carbons (Fsp3) is 0.760. The molecule has 174 valence electrons. The Morgan fingerprint density at radius 1 is 0.700 bits per heavy atom. The summed E-state index contributed by atoms with van der Waals surface area (Å²) in [5.74, 6) is 0. The number of phosphoric ester groups is 1. The summed E-state index contributed by atoms with van der Waals surface area (Å²) in [4.78, 5) is 0. The van der Waals surface area contributed by atoms with Crippen LogP contribution in [0.2, 0.25) is 0 Å². The molecule has 1 aromatic carbocycles. The molecule has 0 spiro atoms. The van der Waals surface area contributed by atoms with Gasteiger partial charge in [-0.25, -0.2) is 4.57 Å². The molecule has 0 saturated heterocycles. The minimum atomic E-state index is -3.49. The molecule has 0 fully saturated rings. The Kier molecular flexibility index (Phi) is 16.4. The monoisotopic (exact) mass is 440 g/mol. The van der Waals surface area contributed by atoms with Gasteiger partial charge in [0.2, 0.25) is 0 Å². The zero-order chi connectivity index (χ0) is 21.9. The van der Waals surface area contributed by atoms with Gasteiger partial charge in [0.25, 0.3) is 0 Å². The smallest absolute Gasteiger partial charge is 0.290 e. The van der Waals surface area contributed by atoms with Gasteiger partial charge in [-0.1, -0.05) is 127 Å². The van der Waals surface area contributed by atoms with Gasteiger partial charge >= 0.3 is 7.82 Å². The number of rotatable bonds is 20. The van der Waals surface area contributed by atoms with Crippen molar-refractivity contribution in [3.8, 4) is 0 Å². The zero-order valence-corrected chi connectivity index (χ0v) is 20.5. The number of hydrogen-bond donors (Lipinski definition) is 0. The molecule has 0 aliphatic heterocycles. The summed E-state index contributed by atoms with van der Waals surface area (Å²) in [6.07, 6.45) is 19.2. The van der Waals surface area contributed by atoms with Crippen LogP contribution in [0.25, 0.3) is 0 Å². The number of benzene rings is 1. The molecule has 0 bridgehead atoms. The van der Waals surface area contributed by atoms with Crippen LogP contribution in [-0.2, 0) is 18.1 Å². The van der Waals surface area contributed by atoms with Gasteiger partial charge in [0.1, 0.15) is 0 Å². The highest BCUT2D eigenvalue weighted by atomic mass is 31.2. The predicted octanol–water partition coefficient (Wildman–Crippen LogP) is 9.02. The van der Waals surface area contributed by atoms with Crippen LogP contribution in [-0.4, -0.2) is 14.2 Å². The maximum Gasteiger partial charge on any atom is 0.474 e. The fourth-order valence-electron chi connectivity index (χ4n) is 3.79. The van der Waals surface area contributed by atoms with Crippen molar-refractivity contribution in [1.29, 1.82) is 0 Å². The van der Waals surface area contributed by atoms with Gasteiger partial charge < -0.3 is 0 Å². The highest BCUT2D eigenvalue weighted by Crippen LogP contribution is 2.52. The molecule has 0 aliphatic carbocycles. The van der Waals surface area contributed by atoms with E-state index in [9.17, 15) is 4.57 Å². The Labute approximate surface area is 185 Å². The lowest BCUT2D eigenvalue weighted by molar-refractivity contribution is 0.0980. The molecule has 0 saturated carbocycles. The van der Waals surface area contributed by atoms with Gasteiger partial charge in [-0.15, -0.1) is 0 Å². The average molecular weight is 441 g/mol. The largest absolute Gasteiger partial charge is 0.474 e. The molecule has 0 amide bonds. The van der Waals surface area contributed by atoms with E-state index in [1.165, 1.54) is 97.7 Å². The summed E-state index contributed by atoms with van der Waals surface area (Å²) in [6, 6.07) is 9.93. The van der Waals surface area contributed by atoms with Crippen molar-refractivity contribution in [2.45, 2.75) is 109 Å². The van der Waals surface area contributed by atoms with Crippen LogP contribution in [0.5, 0.6) is 0 Å². The molecule has 1 unspecified atom stereocenters. The van der Waals surface area contributed by atoms with Crippen LogP contribution in [0.3, 0.4) is 0 Å². The van der Waals surface area contributed by atoms with E-state index in [0.29, 0.717) is 0 Å². The minimum Gasteiger partial charge on any atom is -0.290 e. The van der Waals surface area contributed by atoms with E-state index < -0.39 is 7.82 Å². The SMILES string of the molecule is CCCCCCCCCCCCCCCCC(OP(=O)(OC)OC)c1ccccc1. The number of unbranched alkanes of at least 4 members (excludes halogenated alkanes) is 13. The molecule has 1 aromatic rings. The third-order valence-corrected chi connectivity index (χ3v) is 7.10. The third-order valence-electron chi connectivity index (χ3n) is 5.69. The Morgan fingerprint density at radius 3 is 1.57 bits per heavy atom. The molecule has 0 aliphatic rings. The zero-order valence-electron chi connectivity index (χ0n) is 19.7. The molecule has 5 heteroatoms. The van der Waals surface area contributed by atoms with Crippen molar-refractivity contribution >= 4 is 7.82 Å². The summed E-state index contributed by atoms with van der Waals surface area (Å²) >= 11 is 0. The number of phosphoric acid groups is 1. The van der Waals surface area contributed by atoms with Gasteiger partial charge in [0.15, 0.2) is 0 Å². The molecule has 0 radical (unpaired) electrons. The predicted molar refractivity (Wildman–Crippen MR) is 127 cm³/mol. The lowest BCUT2D eigenvalue weighted by Gasteiger charge is -2.22. The van der Waals surface area contributed by atoms with Gasteiger partial charge in [-0.2, -0.15) is 0 Å². The van der Waals surface area contributed by atoms with Crippen molar-refractivity contribution in [1.82, 2.24) is 0 Å². The van der Waals surface area contributed by atoms with E-state index in [1.54, 1.807) is 0 Å². The van der Waals surface area contributed by atoms with Gasteiger partial charge in [0.05, 0.1) is 6.10 Å². The van der Waals surface area contributed by atoms with E-state index in [1.807, 2.05) is 30.3 Å². The van der Waals surface area contributed by atoms with Gasteiger partial charge in [-0.3, -0.25) is 13.6 Å². The Morgan fingerprint density at radius 2 is 1.13 bits per heavy atom. The Hall–Kier alpha value is -0.670. The Bertz CT molecular complexity index is 541. The molecule has 0 N–H and O–H groups in total. The highest BCUT2D eigenvalue weighted by molar-refractivity contribution is 7.48. The fourth-order valence-corrected chi connectivity index (χ4v) is 4.65. The molecule has 30 heavy (non-hydrogen) atoms. The van der Waals surface area contributed by atoms with Crippen LogP contribution in [0.15, 0.2) is 30.3 Å². The quantitative estimate of drug-likeness (QED) is 0.150. The normalized spacial score (nSPS) is 12.9. The summed E-state index contributed by atoms with van der Waals surface area (Å²) in [5.41, 5.74) is 1.02. The summed E-state index contributed by atoms with van der Waals surface area (Å²) in [6.45, 7) is 2.27. The Balaban J connectivity index is 2.14. The standard InChI is InChI=1S/C25H45O4P/c1-4-5-6-7-8-9-10-11-12-13-14-15-16-20-23-25(24-21-18-17-19-22-24)29-30(26,27-2)28-3/h17-19,21-22,25H,4-16,20,23H2,1-3H3. The second-order valence-electron chi connectivity index (χ2n) is 8.20. The van der Waals surface area contributed by atoms with Crippen molar-refractivity contribution in [2.75, 3.05) is 14.2 Å². The first-order valence-electron chi connectivity index (χ1n) is 12.1. The van der Waals surface area contributed by atoms with E-state index in [-0.39, 0.29) is 6.10 Å². The topological polar surface area (TPSA) is 44.8 Å². The maximum absolute atomic E-state index is 12.4. The van der Waals surface area contributed by atoms with Crippen LogP contribution in [0.4, 0.5) is 0 Å². The summed E-state index contributed by atoms with van der Waals surface area (Å²) < 4.78 is 28.1. The van der Waals surface area contributed by atoms with E-state index in [0.717, 1.165) is 18.4 Å². The average Bonchev–Trinajstić information content (AvgIpc) is 2.79. The second kappa shape index (κ2) is 18.0. The van der Waals surface area contributed by atoms with Crippen molar-refractivity contribution in [2.24, 2.45) is 0 Å². The van der Waals surface area contributed by atoms with Crippen LogP contribution in [0.1, 0.15) is 115 Å². The molecule has 4 nitrogen and oxygen atoms in total. The van der Waals surface area contributed by atoms with Crippen LogP contribution >= 0.6 is 7.82 Å². The van der Waals surface area contributed by atoms with Gasteiger partial charge in [0, 0.05) is 14.2 Å². The van der Waals surface area contributed by atoms with Crippen LogP contribution < -0.4 is 0 Å². The van der Waals surface area contributed by atoms with Crippen molar-refractivity contribution in [3.05, 3.63) is 35.9 Å². The third kappa shape index (κ3) is 12.9. The van der Waals surface area contributed by atoms with E-state index in [4.69, 9.17) is 13.6 Å². The molecule has 0 aromatic heterocycles. The van der Waals surface area contributed by atoms with Crippen LogP contribution in [0, 0.1) is 0 Å². The van der Waals surface area contributed by atoms with Crippen molar-refractivity contribution < 1.29 is 18.1 Å². The van der Waals surface area contributed by atoms with Crippen molar-refractivity contribution in [3.63, 3.8) is 0 Å². The lowest BCUT2D eigenvalue weighted by atomic mass is 10.0. The molecule has 1 rings (SSSR count). The number of hydrogen-bond acceptors (Lipinski definition) is 4. The molecular formula is C25H45O4P. The first-order chi connectivity index (χ1) is 14.6. The maximum atomic E-state index is 12.4. The second-order valence-corrected chi connectivity index (χ2v) is 10.0. The molecular weight excluding hydrogens is 395 g/mol. The van der Waals surface area contributed by atoms with E-state index in [2.05, 4.69) is 6.92 Å². The lowest BCUT2D eigenvalue weighted by Crippen LogP contribution is -2.05. The first-order valence-corrected chi connectivity index (χ1v) is 13.6. The summed E-state index contributed by atoms with van der Waals surface area (Å²) in [7, 11) is -0.771. The molecule has 1 atom stereocenters. The highest BCUT2D eigenvalue weighted by Gasteiger charge is 2.28. The van der Waals surface area contributed by atoms with Gasteiger partial charge in [-0.05, 0) is 12.0 Å². The summed E-state index contributed by atoms with van der Waals surface area (Å²) in [5, 5.41) is 0. The minimum absolute atomic E-state index is 0.269. The first kappa shape index (κ1) is 27.4. The van der Waals surface area contributed by atoms with E-state index >= 15 is 0 Å². The molecule has 0 heterocycles.